The number of halogens is 1. The minimum atomic E-state index is -1.12. The highest BCUT2D eigenvalue weighted by Crippen LogP contribution is 2.35. The maximum atomic E-state index is 13.6. The van der Waals surface area contributed by atoms with Crippen LogP contribution in [0.2, 0.25) is 5.02 Å². The van der Waals surface area contributed by atoms with Crippen molar-refractivity contribution < 1.29 is 14.4 Å². The Morgan fingerprint density at radius 2 is 2.00 bits per heavy atom. The van der Waals surface area contributed by atoms with Gasteiger partial charge in [-0.15, -0.1) is 0 Å². The molecule has 1 saturated carbocycles. The lowest BCUT2D eigenvalue weighted by Crippen LogP contribution is -2.45. The van der Waals surface area contributed by atoms with Crippen LogP contribution in [0.15, 0.2) is 57.8 Å². The molecule has 7 nitrogen and oxygen atoms in total. The standard InChI is InChI=1S/C26H26ClN3O4/c1-15-22-24(29-34-15)23-19(27)11-6-12-20(23)30(26(22)33)18-10-5-9-17(14-18)28-25(32)21(31)13-16-7-3-2-4-8-16/h2-4,6-8,11-12,17-18,21,31H,5,9-10,13-14H2,1H3,(H,28,32). The number of carbonyl (C=O) groups excluding carboxylic acids is 1. The van der Waals surface area contributed by atoms with Gasteiger partial charge in [-0.1, -0.05) is 53.2 Å². The number of rotatable bonds is 5. The Morgan fingerprint density at radius 3 is 2.79 bits per heavy atom. The highest BCUT2D eigenvalue weighted by Gasteiger charge is 2.29. The molecule has 0 aliphatic heterocycles. The fraction of sp³-hybridized carbons (Fsp3) is 0.346. The summed E-state index contributed by atoms with van der Waals surface area (Å²) in [4.78, 5) is 26.3. The van der Waals surface area contributed by atoms with Gasteiger partial charge in [0.15, 0.2) is 0 Å². The lowest BCUT2D eigenvalue weighted by atomic mass is 9.90. The van der Waals surface area contributed by atoms with Gasteiger partial charge in [-0.2, -0.15) is 0 Å². The molecule has 0 radical (unpaired) electrons. The molecule has 1 amide bonds. The van der Waals surface area contributed by atoms with Crippen molar-refractivity contribution in [3.05, 3.63) is 75.2 Å². The van der Waals surface area contributed by atoms with Gasteiger partial charge in [0.1, 0.15) is 22.8 Å². The van der Waals surface area contributed by atoms with Crippen LogP contribution < -0.4 is 10.9 Å². The summed E-state index contributed by atoms with van der Waals surface area (Å²) < 4.78 is 7.13. The number of aliphatic hydroxyl groups is 1. The molecule has 1 aliphatic carbocycles. The van der Waals surface area contributed by atoms with E-state index in [1.165, 1.54) is 0 Å². The number of nitrogens with zero attached hydrogens (tertiary/aromatic N) is 2. The lowest BCUT2D eigenvalue weighted by Gasteiger charge is -2.32. The first-order valence-electron chi connectivity index (χ1n) is 11.5. The van der Waals surface area contributed by atoms with Crippen molar-refractivity contribution in [2.75, 3.05) is 0 Å². The second kappa shape index (κ2) is 9.24. The summed E-state index contributed by atoms with van der Waals surface area (Å²) in [7, 11) is 0. The molecule has 8 heteroatoms. The fourth-order valence-corrected chi connectivity index (χ4v) is 5.35. The van der Waals surface area contributed by atoms with E-state index in [4.69, 9.17) is 16.1 Å². The zero-order valence-corrected chi connectivity index (χ0v) is 19.6. The molecule has 3 atom stereocenters. The number of hydrogen-bond acceptors (Lipinski definition) is 5. The van der Waals surface area contributed by atoms with Gasteiger partial charge < -0.3 is 19.5 Å². The lowest BCUT2D eigenvalue weighted by molar-refractivity contribution is -0.130. The fourth-order valence-electron chi connectivity index (χ4n) is 5.09. The van der Waals surface area contributed by atoms with Crippen molar-refractivity contribution in [2.24, 2.45) is 0 Å². The van der Waals surface area contributed by atoms with Crippen LogP contribution in [0.1, 0.15) is 43.0 Å². The maximum Gasteiger partial charge on any atom is 0.264 e. The first kappa shape index (κ1) is 22.6. The van der Waals surface area contributed by atoms with E-state index in [0.717, 1.165) is 24.8 Å². The molecule has 1 aliphatic rings. The van der Waals surface area contributed by atoms with Crippen LogP contribution >= 0.6 is 11.6 Å². The summed E-state index contributed by atoms with van der Waals surface area (Å²) in [5, 5.41) is 19.2. The first-order valence-corrected chi connectivity index (χ1v) is 11.9. The molecule has 176 valence electrons. The number of aromatic nitrogens is 2. The van der Waals surface area contributed by atoms with Crippen molar-refractivity contribution in [3.8, 4) is 0 Å². The van der Waals surface area contributed by atoms with Crippen LogP contribution in [-0.2, 0) is 11.2 Å². The summed E-state index contributed by atoms with van der Waals surface area (Å²) in [5.74, 6) is 0.0698. The Morgan fingerprint density at radius 1 is 1.21 bits per heavy atom. The van der Waals surface area contributed by atoms with Crippen LogP contribution in [0.25, 0.3) is 21.8 Å². The highest BCUT2D eigenvalue weighted by atomic mass is 35.5. The summed E-state index contributed by atoms with van der Waals surface area (Å²) in [6.07, 6.45) is 2.16. The molecule has 2 N–H and O–H groups in total. The second-order valence-electron chi connectivity index (χ2n) is 9.00. The largest absolute Gasteiger partial charge is 0.383 e. The summed E-state index contributed by atoms with van der Waals surface area (Å²) in [5.41, 5.74) is 1.92. The second-order valence-corrected chi connectivity index (χ2v) is 9.41. The summed E-state index contributed by atoms with van der Waals surface area (Å²) in [6, 6.07) is 14.6. The van der Waals surface area contributed by atoms with E-state index in [1.54, 1.807) is 17.6 Å². The Kier molecular flexibility index (Phi) is 6.15. The molecule has 2 heterocycles. The molecule has 1 fully saturated rings. The van der Waals surface area contributed by atoms with Gasteiger partial charge in [0.05, 0.1) is 10.5 Å². The minimum Gasteiger partial charge on any atom is -0.383 e. The van der Waals surface area contributed by atoms with E-state index in [0.29, 0.717) is 39.0 Å². The third-order valence-electron chi connectivity index (χ3n) is 6.72. The Labute approximate surface area is 201 Å². The average molecular weight is 480 g/mol. The van der Waals surface area contributed by atoms with Gasteiger partial charge in [-0.05, 0) is 50.3 Å². The van der Waals surface area contributed by atoms with Gasteiger partial charge in [0, 0.05) is 23.9 Å². The number of aryl methyl sites for hydroxylation is 1. The number of nitrogens with one attached hydrogen (secondary N) is 1. The van der Waals surface area contributed by atoms with Crippen LogP contribution in [0.3, 0.4) is 0 Å². The third-order valence-corrected chi connectivity index (χ3v) is 7.03. The monoisotopic (exact) mass is 479 g/mol. The molecule has 5 rings (SSSR count). The normalized spacial score (nSPS) is 19.4. The van der Waals surface area contributed by atoms with Crippen molar-refractivity contribution in [3.63, 3.8) is 0 Å². The smallest absolute Gasteiger partial charge is 0.264 e. The molecular weight excluding hydrogens is 454 g/mol. The highest BCUT2D eigenvalue weighted by molar-refractivity contribution is 6.37. The van der Waals surface area contributed by atoms with E-state index in [9.17, 15) is 14.7 Å². The van der Waals surface area contributed by atoms with E-state index >= 15 is 0 Å². The number of aliphatic hydroxyl groups excluding tert-OH is 1. The number of pyridine rings is 1. The number of carbonyl (C=O) groups is 1. The maximum absolute atomic E-state index is 13.6. The zero-order chi connectivity index (χ0) is 23.8. The molecule has 4 aromatic rings. The van der Waals surface area contributed by atoms with Crippen molar-refractivity contribution in [1.29, 1.82) is 0 Å². The molecule has 2 aromatic carbocycles. The van der Waals surface area contributed by atoms with Crippen LogP contribution in [-0.4, -0.2) is 32.9 Å². The quantitative estimate of drug-likeness (QED) is 0.444. The summed E-state index contributed by atoms with van der Waals surface area (Å²) >= 11 is 6.53. The number of fused-ring (bicyclic) bond motifs is 3. The Hall–Kier alpha value is -3.16. The predicted molar refractivity (Wildman–Crippen MR) is 131 cm³/mol. The minimum absolute atomic E-state index is 0.127. The summed E-state index contributed by atoms with van der Waals surface area (Å²) in [6.45, 7) is 1.72. The van der Waals surface area contributed by atoms with E-state index in [1.807, 2.05) is 42.5 Å². The SMILES string of the molecule is Cc1onc2c1c(=O)n(C1CCCC(NC(=O)C(O)Cc3ccccc3)C1)c1cccc(Cl)c21. The molecule has 34 heavy (non-hydrogen) atoms. The third kappa shape index (κ3) is 4.10. The van der Waals surface area contributed by atoms with Gasteiger partial charge in [-0.3, -0.25) is 9.59 Å². The Bertz CT molecular complexity index is 1410. The topological polar surface area (TPSA) is 97.4 Å². The van der Waals surface area contributed by atoms with Crippen molar-refractivity contribution in [2.45, 2.75) is 57.2 Å². The Balaban J connectivity index is 1.42. The van der Waals surface area contributed by atoms with Crippen molar-refractivity contribution in [1.82, 2.24) is 15.0 Å². The van der Waals surface area contributed by atoms with Gasteiger partial charge in [0.2, 0.25) is 5.91 Å². The molecule has 0 spiro atoms. The molecule has 0 saturated heterocycles. The van der Waals surface area contributed by atoms with Gasteiger partial charge in [-0.25, -0.2) is 0 Å². The molecule has 2 aromatic heterocycles. The van der Waals surface area contributed by atoms with Crippen LogP contribution in [0.4, 0.5) is 0 Å². The molecule has 0 bridgehead atoms. The van der Waals surface area contributed by atoms with E-state index in [-0.39, 0.29) is 30.0 Å². The van der Waals surface area contributed by atoms with E-state index in [2.05, 4.69) is 10.5 Å². The van der Waals surface area contributed by atoms with Crippen LogP contribution in [0, 0.1) is 6.92 Å². The van der Waals surface area contributed by atoms with Crippen molar-refractivity contribution >= 4 is 39.3 Å². The van der Waals surface area contributed by atoms with Crippen LogP contribution in [0.5, 0.6) is 0 Å². The zero-order valence-electron chi connectivity index (χ0n) is 18.8. The predicted octanol–water partition coefficient (Wildman–Crippen LogP) is 4.31. The molecule has 3 unspecified atom stereocenters. The van der Waals surface area contributed by atoms with Gasteiger partial charge in [0.25, 0.3) is 5.56 Å². The molecular formula is C26H26ClN3O4. The first-order chi connectivity index (χ1) is 16.4. The average Bonchev–Trinajstić information content (AvgIpc) is 3.22. The number of benzene rings is 2. The number of amides is 1. The van der Waals surface area contributed by atoms with E-state index < -0.39 is 6.10 Å². The van der Waals surface area contributed by atoms with Gasteiger partial charge >= 0.3 is 0 Å². The number of hydrogen-bond donors (Lipinski definition) is 2.